The molecule has 38 heavy (non-hydrogen) atoms. The van der Waals surface area contributed by atoms with Gasteiger partial charge in [0.2, 0.25) is 11.8 Å². The zero-order valence-electron chi connectivity index (χ0n) is 21.8. The molecule has 2 fully saturated rings. The third-order valence-electron chi connectivity index (χ3n) is 8.30. The summed E-state index contributed by atoms with van der Waals surface area (Å²) in [5, 5.41) is 0.924. The van der Waals surface area contributed by atoms with Crippen LogP contribution in [-0.4, -0.2) is 78.3 Å². The average Bonchev–Trinajstić information content (AvgIpc) is 3.41. The van der Waals surface area contributed by atoms with Crippen LogP contribution in [0, 0.1) is 5.92 Å². The van der Waals surface area contributed by atoms with Crippen molar-refractivity contribution >= 4 is 40.9 Å². The zero-order valence-corrected chi connectivity index (χ0v) is 23.3. The molecule has 202 valence electrons. The summed E-state index contributed by atoms with van der Waals surface area (Å²) < 4.78 is 5.60. The second kappa shape index (κ2) is 11.1. The first-order valence-corrected chi connectivity index (χ1v) is 14.0. The molecule has 0 spiro atoms. The monoisotopic (exact) mass is 557 g/mol. The van der Waals surface area contributed by atoms with Crippen LogP contribution in [0.25, 0.3) is 0 Å². The lowest BCUT2D eigenvalue weighted by Gasteiger charge is -2.44. The molecule has 0 aliphatic carbocycles. The van der Waals surface area contributed by atoms with Gasteiger partial charge in [-0.15, -0.1) is 0 Å². The summed E-state index contributed by atoms with van der Waals surface area (Å²) in [7, 11) is 1.84. The van der Waals surface area contributed by atoms with Crippen molar-refractivity contribution in [1.29, 1.82) is 0 Å². The summed E-state index contributed by atoms with van der Waals surface area (Å²) in [5.74, 6) is 0.769. The predicted molar refractivity (Wildman–Crippen MR) is 147 cm³/mol. The molecule has 3 amide bonds. The molecule has 5 rings (SSSR count). The Morgan fingerprint density at radius 3 is 2.39 bits per heavy atom. The smallest absolute Gasteiger partial charge is 0.253 e. The molecule has 0 aromatic heterocycles. The Hall–Kier alpha value is -2.77. The number of fused-ring (bicyclic) bond motifs is 1. The van der Waals surface area contributed by atoms with E-state index in [-0.39, 0.29) is 35.6 Å². The van der Waals surface area contributed by atoms with E-state index >= 15 is 0 Å². The van der Waals surface area contributed by atoms with Crippen LogP contribution >= 0.6 is 23.2 Å². The van der Waals surface area contributed by atoms with E-state index in [9.17, 15) is 14.4 Å². The van der Waals surface area contributed by atoms with Crippen LogP contribution in [0.15, 0.2) is 36.4 Å². The van der Waals surface area contributed by atoms with Crippen molar-refractivity contribution in [3.63, 3.8) is 0 Å². The average molecular weight is 559 g/mol. The molecule has 2 saturated heterocycles. The van der Waals surface area contributed by atoms with Crippen LogP contribution in [-0.2, 0) is 16.0 Å². The molecule has 0 N–H and O–H groups in total. The van der Waals surface area contributed by atoms with E-state index in [0.29, 0.717) is 67.7 Å². The number of carbonyl (C=O) groups is 3. The van der Waals surface area contributed by atoms with E-state index in [0.717, 1.165) is 23.3 Å². The van der Waals surface area contributed by atoms with Crippen molar-refractivity contribution in [3.05, 3.63) is 63.1 Å². The van der Waals surface area contributed by atoms with Gasteiger partial charge < -0.3 is 19.4 Å². The second-order valence-electron chi connectivity index (χ2n) is 10.5. The molecule has 2 atom stereocenters. The molecule has 0 saturated carbocycles. The van der Waals surface area contributed by atoms with Gasteiger partial charge in [0, 0.05) is 70.0 Å². The molecule has 0 radical (unpaired) electrons. The molecule has 9 heteroatoms. The van der Waals surface area contributed by atoms with Crippen LogP contribution < -0.4 is 4.74 Å². The molecule has 0 bridgehead atoms. The second-order valence-corrected chi connectivity index (χ2v) is 11.4. The number of likely N-dealkylation sites (N-methyl/N-ethyl adjacent to an activating group) is 1. The number of benzene rings is 2. The summed E-state index contributed by atoms with van der Waals surface area (Å²) in [5.41, 5.74) is 2.65. The highest BCUT2D eigenvalue weighted by Crippen LogP contribution is 2.36. The van der Waals surface area contributed by atoms with Crippen LogP contribution in [0.2, 0.25) is 10.0 Å². The largest absolute Gasteiger partial charge is 0.493 e. The van der Waals surface area contributed by atoms with Gasteiger partial charge in [-0.3, -0.25) is 14.4 Å². The van der Waals surface area contributed by atoms with Gasteiger partial charge in [-0.1, -0.05) is 29.3 Å². The van der Waals surface area contributed by atoms with Crippen LogP contribution in [0.1, 0.15) is 53.6 Å². The van der Waals surface area contributed by atoms with E-state index in [1.807, 2.05) is 47.2 Å². The summed E-state index contributed by atoms with van der Waals surface area (Å²) >= 11 is 12.6. The van der Waals surface area contributed by atoms with Crippen molar-refractivity contribution < 1.29 is 19.1 Å². The van der Waals surface area contributed by atoms with Crippen LogP contribution in [0.3, 0.4) is 0 Å². The van der Waals surface area contributed by atoms with Gasteiger partial charge in [0.1, 0.15) is 5.75 Å². The number of nitrogens with zero attached hydrogens (tertiary/aromatic N) is 3. The zero-order chi connectivity index (χ0) is 27.0. The van der Waals surface area contributed by atoms with Gasteiger partial charge in [-0.25, -0.2) is 0 Å². The van der Waals surface area contributed by atoms with Gasteiger partial charge in [-0.05, 0) is 60.7 Å². The number of ether oxygens (including phenoxy) is 1. The van der Waals surface area contributed by atoms with E-state index in [1.54, 1.807) is 17.9 Å². The highest BCUT2D eigenvalue weighted by atomic mass is 35.5. The van der Waals surface area contributed by atoms with Crippen molar-refractivity contribution in [2.24, 2.45) is 5.92 Å². The minimum Gasteiger partial charge on any atom is -0.493 e. The Labute approximate surface area is 233 Å². The first-order chi connectivity index (χ1) is 18.2. The molecule has 3 heterocycles. The highest BCUT2D eigenvalue weighted by Gasteiger charge is 2.39. The first-order valence-electron chi connectivity index (χ1n) is 13.2. The predicted octanol–water partition coefficient (Wildman–Crippen LogP) is 4.64. The van der Waals surface area contributed by atoms with Crippen LogP contribution in [0.5, 0.6) is 5.75 Å². The number of carbonyl (C=O) groups excluding carboxylic acids is 3. The fourth-order valence-corrected chi connectivity index (χ4v) is 6.35. The summed E-state index contributed by atoms with van der Waals surface area (Å²) in [6.45, 7) is 4.50. The maximum absolute atomic E-state index is 13.6. The molecule has 3 aliphatic heterocycles. The Morgan fingerprint density at radius 1 is 0.947 bits per heavy atom. The summed E-state index contributed by atoms with van der Waals surface area (Å²) in [6.07, 6.45) is 2.81. The molecule has 2 aromatic rings. The van der Waals surface area contributed by atoms with Crippen molar-refractivity contribution in [1.82, 2.24) is 14.7 Å². The van der Waals surface area contributed by atoms with E-state index in [1.165, 1.54) is 0 Å². The lowest BCUT2D eigenvalue weighted by atomic mass is 9.83. The number of piperidine rings is 2. The Balaban J connectivity index is 1.36. The van der Waals surface area contributed by atoms with Crippen molar-refractivity contribution in [2.75, 3.05) is 39.8 Å². The first kappa shape index (κ1) is 26.8. The summed E-state index contributed by atoms with van der Waals surface area (Å²) in [4.78, 5) is 44.4. The number of likely N-dealkylation sites (tertiary alicyclic amines) is 2. The van der Waals surface area contributed by atoms with Gasteiger partial charge in [0.15, 0.2) is 0 Å². The number of amides is 3. The Kier molecular flexibility index (Phi) is 7.87. The third kappa shape index (κ3) is 5.36. The lowest BCUT2D eigenvalue weighted by molar-refractivity contribution is -0.141. The molecule has 2 aromatic carbocycles. The van der Waals surface area contributed by atoms with E-state index in [2.05, 4.69) is 0 Å². The lowest BCUT2D eigenvalue weighted by Crippen LogP contribution is -2.53. The topological polar surface area (TPSA) is 70.2 Å². The quantitative estimate of drug-likeness (QED) is 0.548. The minimum atomic E-state index is -0.119. The van der Waals surface area contributed by atoms with Gasteiger partial charge in [0.05, 0.1) is 16.7 Å². The van der Waals surface area contributed by atoms with Crippen LogP contribution in [0.4, 0.5) is 0 Å². The number of halogens is 2. The maximum atomic E-state index is 13.6. The fourth-order valence-electron chi connectivity index (χ4n) is 6.05. The number of hydrogen-bond donors (Lipinski definition) is 0. The SMILES string of the molecule is CC(=O)N1CCC(C(=O)N2CC[C@@H](N(C)C(=O)c3ccc4c(c3)CCO4)[C@H](c3ccc(Cl)c(Cl)c3)C2)CC1. The number of hydrogen-bond acceptors (Lipinski definition) is 4. The molecule has 7 nitrogen and oxygen atoms in total. The highest BCUT2D eigenvalue weighted by molar-refractivity contribution is 6.42. The Morgan fingerprint density at radius 2 is 1.68 bits per heavy atom. The maximum Gasteiger partial charge on any atom is 0.253 e. The van der Waals surface area contributed by atoms with Crippen molar-refractivity contribution in [3.8, 4) is 5.75 Å². The number of rotatable bonds is 4. The third-order valence-corrected chi connectivity index (χ3v) is 9.04. The van der Waals surface area contributed by atoms with Gasteiger partial charge >= 0.3 is 0 Å². The molecular weight excluding hydrogens is 525 g/mol. The minimum absolute atomic E-state index is 0.0499. The fraction of sp³-hybridized carbons (Fsp3) is 0.483. The van der Waals surface area contributed by atoms with Gasteiger partial charge in [0.25, 0.3) is 5.91 Å². The van der Waals surface area contributed by atoms with Crippen molar-refractivity contribution in [2.45, 2.75) is 44.6 Å². The molecule has 0 unspecified atom stereocenters. The molecular formula is C29H33Cl2N3O4. The van der Waals surface area contributed by atoms with E-state index < -0.39 is 0 Å². The van der Waals surface area contributed by atoms with Gasteiger partial charge in [-0.2, -0.15) is 0 Å². The normalized spacial score (nSPS) is 21.6. The standard InChI is InChI=1S/C29H33Cl2N3O4/c1-18(35)33-11-7-19(8-12-33)29(37)34-13-9-26(23(17-34)20-3-5-24(30)25(31)16-20)32(2)28(36)22-4-6-27-21(15-22)10-14-38-27/h3-6,15-16,19,23,26H,7-14,17H2,1-2H3/t23-,26+/m0/s1. The Bertz CT molecular complexity index is 1240. The molecule has 3 aliphatic rings. The van der Waals surface area contributed by atoms with E-state index in [4.69, 9.17) is 27.9 Å². The summed E-state index contributed by atoms with van der Waals surface area (Å²) in [6, 6.07) is 11.1.